The van der Waals surface area contributed by atoms with E-state index in [0.29, 0.717) is 28.9 Å². The molecule has 2 aromatic rings. The Bertz CT molecular complexity index is 1250. The first-order valence-corrected chi connectivity index (χ1v) is 12.3. The van der Waals surface area contributed by atoms with E-state index < -0.39 is 23.7 Å². The Morgan fingerprint density at radius 1 is 1.17 bits per heavy atom. The molecular weight excluding hydrogens is 463 g/mol. The van der Waals surface area contributed by atoms with Gasteiger partial charge in [0.2, 0.25) is 11.8 Å². The van der Waals surface area contributed by atoms with Gasteiger partial charge in [-0.2, -0.15) is 0 Å². The fourth-order valence-electron chi connectivity index (χ4n) is 5.30. The molecule has 3 atom stereocenters. The molecular formula is C27H31FN4O4. The summed E-state index contributed by atoms with van der Waals surface area (Å²) in [5, 5.41) is 5.43. The predicted octanol–water partition coefficient (Wildman–Crippen LogP) is 2.81. The number of imide groups is 1. The minimum absolute atomic E-state index is 0.00162. The second kappa shape index (κ2) is 9.99. The van der Waals surface area contributed by atoms with Crippen LogP contribution in [-0.2, 0) is 34.0 Å². The van der Waals surface area contributed by atoms with Crippen molar-refractivity contribution in [2.75, 3.05) is 18.4 Å². The summed E-state index contributed by atoms with van der Waals surface area (Å²) in [7, 11) is 0. The number of fused-ring (bicyclic) bond motifs is 1. The number of piperidine rings is 1. The number of anilines is 1. The summed E-state index contributed by atoms with van der Waals surface area (Å²) in [6.45, 7) is 6.70. The molecule has 3 heterocycles. The molecule has 2 N–H and O–H groups in total. The Morgan fingerprint density at radius 3 is 2.69 bits per heavy atom. The van der Waals surface area contributed by atoms with Crippen molar-refractivity contribution < 1.29 is 24.9 Å². The van der Waals surface area contributed by atoms with E-state index >= 15 is 0 Å². The Labute approximate surface area is 211 Å². The van der Waals surface area contributed by atoms with Crippen LogP contribution in [0.3, 0.4) is 0 Å². The highest BCUT2D eigenvalue weighted by atomic mass is 19.1. The SMILES string of the molecule is [2H][C@]1(N2Cc3c(NCc4cc(CN5CC(C)OC(C)C5)ccc4F)cccc3C2=O)CCC(=O)NC1=O. The van der Waals surface area contributed by atoms with Crippen LogP contribution >= 0.6 is 0 Å². The zero-order valence-corrected chi connectivity index (χ0v) is 20.5. The molecule has 3 amide bonds. The lowest BCUT2D eigenvalue weighted by Crippen LogP contribution is -2.52. The predicted molar refractivity (Wildman–Crippen MR) is 131 cm³/mol. The highest BCUT2D eigenvalue weighted by Crippen LogP contribution is 2.32. The first-order chi connectivity index (χ1) is 17.6. The number of rotatable bonds is 6. The quantitative estimate of drug-likeness (QED) is 0.599. The third-order valence-corrected chi connectivity index (χ3v) is 6.88. The number of carbonyl (C=O) groups is 3. The Hall–Kier alpha value is -3.30. The molecule has 36 heavy (non-hydrogen) atoms. The molecule has 3 aliphatic rings. The highest BCUT2D eigenvalue weighted by molar-refractivity contribution is 6.06. The van der Waals surface area contributed by atoms with Gasteiger partial charge in [-0.1, -0.05) is 12.1 Å². The lowest BCUT2D eigenvalue weighted by molar-refractivity contribution is -0.136. The topological polar surface area (TPSA) is 91.0 Å². The van der Waals surface area contributed by atoms with Gasteiger partial charge in [-0.05, 0) is 50.1 Å². The molecule has 2 aromatic carbocycles. The monoisotopic (exact) mass is 495 g/mol. The molecule has 2 fully saturated rings. The van der Waals surface area contributed by atoms with Gasteiger partial charge in [0.1, 0.15) is 11.8 Å². The van der Waals surface area contributed by atoms with Crippen LogP contribution in [0.2, 0.25) is 0 Å². The maximum absolute atomic E-state index is 14.7. The standard InChI is InChI=1S/C27H31FN4O4/c1-16-12-31(13-17(2)36-16)14-18-6-7-22(28)19(10-18)11-29-23-5-3-4-20-21(23)15-32(27(20)35)24-8-9-25(33)30-26(24)34/h3-7,10,16-17,24,29H,8-9,11-15H2,1-2H3,(H,30,33,34)/t16?,17?,24-/m0/s1/i24D. The number of amides is 3. The van der Waals surface area contributed by atoms with Gasteiger partial charge in [-0.25, -0.2) is 4.39 Å². The van der Waals surface area contributed by atoms with Gasteiger partial charge in [0.25, 0.3) is 5.91 Å². The van der Waals surface area contributed by atoms with E-state index in [1.165, 1.54) is 11.0 Å². The lowest BCUT2D eigenvalue weighted by atomic mass is 10.0. The molecule has 2 saturated heterocycles. The molecule has 3 aliphatic heterocycles. The van der Waals surface area contributed by atoms with E-state index in [9.17, 15) is 18.8 Å². The van der Waals surface area contributed by atoms with Crippen LogP contribution in [0.5, 0.6) is 0 Å². The third-order valence-electron chi connectivity index (χ3n) is 6.88. The second-order valence-corrected chi connectivity index (χ2v) is 9.78. The minimum atomic E-state index is -1.85. The maximum atomic E-state index is 14.7. The van der Waals surface area contributed by atoms with Gasteiger partial charge in [-0.15, -0.1) is 0 Å². The van der Waals surface area contributed by atoms with Gasteiger partial charge >= 0.3 is 0 Å². The number of hydrogen-bond donors (Lipinski definition) is 2. The van der Waals surface area contributed by atoms with Crippen LogP contribution < -0.4 is 10.6 Å². The van der Waals surface area contributed by atoms with Crippen molar-refractivity contribution in [2.45, 2.75) is 64.5 Å². The summed E-state index contributed by atoms with van der Waals surface area (Å²) in [6, 6.07) is 8.46. The van der Waals surface area contributed by atoms with Gasteiger partial charge in [0.05, 0.1) is 13.6 Å². The average molecular weight is 496 g/mol. The van der Waals surface area contributed by atoms with Gasteiger partial charge in [0.15, 0.2) is 0 Å². The number of nitrogens with zero attached hydrogens (tertiary/aromatic N) is 2. The largest absolute Gasteiger partial charge is 0.381 e. The molecule has 5 rings (SSSR count). The molecule has 0 bridgehead atoms. The summed E-state index contributed by atoms with van der Waals surface area (Å²) in [6.07, 6.45) is 0.240. The number of hydrogen-bond acceptors (Lipinski definition) is 6. The number of morpholine rings is 1. The van der Waals surface area contributed by atoms with Crippen molar-refractivity contribution in [2.24, 2.45) is 0 Å². The smallest absolute Gasteiger partial charge is 0.255 e. The zero-order valence-electron chi connectivity index (χ0n) is 21.5. The average Bonchev–Trinajstić information content (AvgIpc) is 3.19. The van der Waals surface area contributed by atoms with E-state index in [1.807, 2.05) is 6.07 Å². The Morgan fingerprint density at radius 2 is 1.94 bits per heavy atom. The first kappa shape index (κ1) is 23.1. The van der Waals surface area contributed by atoms with Crippen molar-refractivity contribution in [3.8, 4) is 0 Å². The van der Waals surface area contributed by atoms with E-state index in [-0.39, 0.29) is 44.0 Å². The first-order valence-electron chi connectivity index (χ1n) is 12.8. The van der Waals surface area contributed by atoms with Gasteiger partial charge < -0.3 is 15.0 Å². The van der Waals surface area contributed by atoms with E-state index in [4.69, 9.17) is 6.11 Å². The van der Waals surface area contributed by atoms with Crippen molar-refractivity contribution >= 4 is 23.4 Å². The van der Waals surface area contributed by atoms with E-state index in [0.717, 1.165) is 18.7 Å². The van der Waals surface area contributed by atoms with Crippen LogP contribution in [0.25, 0.3) is 0 Å². The molecule has 190 valence electrons. The maximum Gasteiger partial charge on any atom is 0.255 e. The summed E-state index contributed by atoms with van der Waals surface area (Å²) < 4.78 is 29.2. The van der Waals surface area contributed by atoms with E-state index in [2.05, 4.69) is 29.4 Å². The van der Waals surface area contributed by atoms with Crippen LogP contribution in [0.1, 0.15) is 55.1 Å². The molecule has 0 spiro atoms. The van der Waals surface area contributed by atoms with Crippen molar-refractivity contribution in [1.29, 1.82) is 0 Å². The van der Waals surface area contributed by atoms with Gasteiger partial charge in [-0.3, -0.25) is 24.6 Å². The van der Waals surface area contributed by atoms with Gasteiger partial charge in [0, 0.05) is 61.5 Å². The summed E-state index contributed by atoms with van der Waals surface area (Å²) >= 11 is 0. The van der Waals surface area contributed by atoms with Crippen LogP contribution in [0.4, 0.5) is 10.1 Å². The minimum Gasteiger partial charge on any atom is -0.381 e. The molecule has 9 heteroatoms. The zero-order chi connectivity index (χ0) is 26.3. The second-order valence-electron chi connectivity index (χ2n) is 9.78. The van der Waals surface area contributed by atoms with E-state index in [1.54, 1.807) is 24.3 Å². The summed E-state index contributed by atoms with van der Waals surface area (Å²) in [4.78, 5) is 40.7. The van der Waals surface area contributed by atoms with Crippen LogP contribution in [-0.4, -0.2) is 58.8 Å². The molecule has 8 nitrogen and oxygen atoms in total. The Kier molecular flexibility index (Phi) is 6.41. The molecule has 0 radical (unpaired) electrons. The fraction of sp³-hybridized carbons (Fsp3) is 0.444. The third kappa shape index (κ3) is 4.99. The van der Waals surface area contributed by atoms with Crippen molar-refractivity contribution in [3.05, 3.63) is 64.5 Å². The van der Waals surface area contributed by atoms with Crippen LogP contribution in [0, 0.1) is 5.82 Å². The lowest BCUT2D eigenvalue weighted by Gasteiger charge is -2.35. The normalized spacial score (nSPS) is 27.0. The van der Waals surface area contributed by atoms with Crippen LogP contribution in [0.15, 0.2) is 36.4 Å². The summed E-state index contributed by atoms with van der Waals surface area (Å²) in [5.41, 5.74) is 3.20. The number of halogens is 1. The summed E-state index contributed by atoms with van der Waals surface area (Å²) in [5.74, 6) is -1.98. The highest BCUT2D eigenvalue weighted by Gasteiger charge is 2.39. The number of carbonyl (C=O) groups excluding carboxylic acids is 3. The molecule has 0 saturated carbocycles. The molecule has 0 aliphatic carbocycles. The number of ether oxygens (including phenoxy) is 1. The number of nitrogens with one attached hydrogen (secondary N) is 2. The fourth-order valence-corrected chi connectivity index (χ4v) is 5.30. The van der Waals surface area contributed by atoms with Crippen molar-refractivity contribution in [3.63, 3.8) is 0 Å². The van der Waals surface area contributed by atoms with Crippen molar-refractivity contribution in [1.82, 2.24) is 15.1 Å². The molecule has 0 aromatic heterocycles. The Balaban J connectivity index is 1.31. The number of benzene rings is 2. The molecule has 2 unspecified atom stereocenters.